The summed E-state index contributed by atoms with van der Waals surface area (Å²) in [6.45, 7) is 3.98. The zero-order valence-corrected chi connectivity index (χ0v) is 14.3. The fraction of sp³-hybridized carbons (Fsp3) is 0.500. The second-order valence-corrected chi connectivity index (χ2v) is 5.86. The molecule has 1 amide bonds. The molecular weight excluding hydrogens is 322 g/mol. The van der Waals surface area contributed by atoms with Crippen molar-refractivity contribution in [3.63, 3.8) is 0 Å². The quantitative estimate of drug-likeness (QED) is 0.718. The summed E-state index contributed by atoms with van der Waals surface area (Å²) in [6.07, 6.45) is -0.199. The van der Waals surface area contributed by atoms with Crippen LogP contribution in [0.15, 0.2) is 18.2 Å². The Morgan fingerprint density at radius 1 is 1.39 bits per heavy atom. The summed E-state index contributed by atoms with van der Waals surface area (Å²) in [6, 6.07) is 5.17. The Labute approximate surface area is 140 Å². The molecule has 1 atom stereocenters. The zero-order chi connectivity index (χ0) is 17.5. The first-order valence-corrected chi connectivity index (χ1v) is 7.61. The van der Waals surface area contributed by atoms with Gasteiger partial charge in [-0.05, 0) is 19.9 Å². The highest BCUT2D eigenvalue weighted by molar-refractivity contribution is 6.32. The van der Waals surface area contributed by atoms with E-state index in [1.165, 1.54) is 7.11 Å². The molecule has 0 aromatic heterocycles. The van der Waals surface area contributed by atoms with Crippen molar-refractivity contribution in [2.24, 2.45) is 0 Å². The van der Waals surface area contributed by atoms with E-state index < -0.39 is 11.5 Å². The summed E-state index contributed by atoms with van der Waals surface area (Å²) in [5.74, 6) is -0.866. The highest BCUT2D eigenvalue weighted by Gasteiger charge is 2.29. The molecule has 7 heteroatoms. The van der Waals surface area contributed by atoms with Crippen molar-refractivity contribution in [3.05, 3.63) is 28.8 Å². The van der Waals surface area contributed by atoms with Crippen molar-refractivity contribution in [3.8, 4) is 5.75 Å². The van der Waals surface area contributed by atoms with E-state index in [-0.39, 0.29) is 25.4 Å². The number of nitrogens with one attached hydrogen (secondary N) is 1. The van der Waals surface area contributed by atoms with E-state index in [2.05, 4.69) is 5.32 Å². The minimum Gasteiger partial charge on any atom is -0.492 e. The lowest BCUT2D eigenvalue weighted by atomic mass is 9.98. The van der Waals surface area contributed by atoms with Crippen LogP contribution >= 0.6 is 11.6 Å². The van der Waals surface area contributed by atoms with Crippen LogP contribution in [0.1, 0.15) is 25.8 Å². The first kappa shape index (κ1) is 19.3. The third-order valence-corrected chi connectivity index (χ3v) is 3.43. The van der Waals surface area contributed by atoms with Crippen molar-refractivity contribution in [1.82, 2.24) is 5.32 Å². The molecule has 0 aliphatic heterocycles. The predicted octanol–water partition coefficient (Wildman–Crippen LogP) is 2.28. The summed E-state index contributed by atoms with van der Waals surface area (Å²) in [5.41, 5.74) is -0.339. The van der Waals surface area contributed by atoms with Gasteiger partial charge in [-0.15, -0.1) is 0 Å². The summed E-state index contributed by atoms with van der Waals surface area (Å²) < 4.78 is 10.5. The number of hydrogen-bond acceptors (Lipinski definition) is 4. The number of carbonyl (C=O) groups is 2. The smallest absolute Gasteiger partial charge is 0.305 e. The molecular formula is C16H22ClNO5. The minimum atomic E-state index is -1.01. The van der Waals surface area contributed by atoms with Gasteiger partial charge in [-0.2, -0.15) is 0 Å². The minimum absolute atomic E-state index is 0.0365. The van der Waals surface area contributed by atoms with Crippen LogP contribution in [0.5, 0.6) is 5.75 Å². The third kappa shape index (κ3) is 6.08. The van der Waals surface area contributed by atoms with Gasteiger partial charge in [0.15, 0.2) is 0 Å². The molecule has 0 radical (unpaired) electrons. The van der Waals surface area contributed by atoms with Crippen LogP contribution in [-0.2, 0) is 20.7 Å². The number of aliphatic carboxylic acids is 1. The molecule has 0 bridgehead atoms. The lowest BCUT2D eigenvalue weighted by Crippen LogP contribution is -2.51. The highest BCUT2D eigenvalue weighted by Crippen LogP contribution is 2.29. The number of halogens is 1. The van der Waals surface area contributed by atoms with E-state index in [9.17, 15) is 9.59 Å². The molecule has 0 saturated heterocycles. The Kier molecular flexibility index (Phi) is 7.32. The monoisotopic (exact) mass is 343 g/mol. The Balaban J connectivity index is 2.86. The normalized spacial score (nSPS) is 13.2. The van der Waals surface area contributed by atoms with Crippen molar-refractivity contribution in [1.29, 1.82) is 0 Å². The number of carbonyl (C=O) groups excluding carboxylic acids is 1. The molecule has 6 nitrogen and oxygen atoms in total. The number of rotatable bonds is 9. The summed E-state index contributed by atoms with van der Waals surface area (Å²) in [5, 5.41) is 12.1. The molecule has 0 saturated carbocycles. The molecule has 23 heavy (non-hydrogen) atoms. The largest absolute Gasteiger partial charge is 0.492 e. The van der Waals surface area contributed by atoms with E-state index in [0.717, 1.165) is 0 Å². The summed E-state index contributed by atoms with van der Waals surface area (Å²) in [4.78, 5) is 23.3. The van der Waals surface area contributed by atoms with Crippen LogP contribution < -0.4 is 10.1 Å². The Morgan fingerprint density at radius 2 is 2.09 bits per heavy atom. The number of methoxy groups -OCH3 is 1. The number of benzene rings is 1. The topological polar surface area (TPSA) is 84.9 Å². The third-order valence-electron chi connectivity index (χ3n) is 3.13. The zero-order valence-electron chi connectivity index (χ0n) is 13.5. The number of para-hydroxylation sites is 1. The van der Waals surface area contributed by atoms with Gasteiger partial charge >= 0.3 is 5.97 Å². The average Bonchev–Trinajstić information content (AvgIpc) is 2.41. The molecule has 0 aliphatic carbocycles. The molecule has 128 valence electrons. The molecule has 0 fully saturated rings. The SMILES string of the molecule is CCOc1c(Cl)cccc1CC(=O)NC(C)(COC)CC(=O)O. The van der Waals surface area contributed by atoms with Crippen molar-refractivity contribution in [2.75, 3.05) is 20.3 Å². The Hall–Kier alpha value is -1.79. The number of amides is 1. The van der Waals surface area contributed by atoms with Crippen molar-refractivity contribution >= 4 is 23.5 Å². The van der Waals surface area contributed by atoms with Crippen LogP contribution in [-0.4, -0.2) is 42.8 Å². The maximum Gasteiger partial charge on any atom is 0.305 e. The summed E-state index contributed by atoms with van der Waals surface area (Å²) >= 11 is 6.09. The average molecular weight is 344 g/mol. The lowest BCUT2D eigenvalue weighted by molar-refractivity contribution is -0.139. The molecule has 0 aliphatic rings. The molecule has 1 unspecified atom stereocenters. The first-order chi connectivity index (χ1) is 10.8. The van der Waals surface area contributed by atoms with Gasteiger partial charge in [0.25, 0.3) is 0 Å². The molecule has 1 aromatic carbocycles. The Bertz CT molecular complexity index is 563. The van der Waals surface area contributed by atoms with Gasteiger partial charge in [-0.25, -0.2) is 0 Å². The van der Waals surface area contributed by atoms with Crippen LogP contribution in [0.3, 0.4) is 0 Å². The van der Waals surface area contributed by atoms with Crippen LogP contribution in [0, 0.1) is 0 Å². The van der Waals surface area contributed by atoms with Gasteiger partial charge in [0, 0.05) is 12.7 Å². The maximum absolute atomic E-state index is 12.3. The molecule has 1 rings (SSSR count). The first-order valence-electron chi connectivity index (χ1n) is 7.23. The predicted molar refractivity (Wildman–Crippen MR) is 87.0 cm³/mol. The fourth-order valence-electron chi connectivity index (χ4n) is 2.34. The van der Waals surface area contributed by atoms with Gasteiger partial charge in [0.05, 0.1) is 36.6 Å². The van der Waals surface area contributed by atoms with E-state index >= 15 is 0 Å². The fourth-order valence-corrected chi connectivity index (χ4v) is 2.58. The Morgan fingerprint density at radius 3 is 2.65 bits per heavy atom. The molecule has 1 aromatic rings. The van der Waals surface area contributed by atoms with E-state index in [4.69, 9.17) is 26.2 Å². The van der Waals surface area contributed by atoms with Gasteiger partial charge < -0.3 is 19.9 Å². The van der Waals surface area contributed by atoms with E-state index in [1.807, 2.05) is 6.92 Å². The number of hydrogen-bond donors (Lipinski definition) is 2. The van der Waals surface area contributed by atoms with Gasteiger partial charge in [-0.1, -0.05) is 23.7 Å². The maximum atomic E-state index is 12.3. The molecule has 0 spiro atoms. The highest BCUT2D eigenvalue weighted by atomic mass is 35.5. The lowest BCUT2D eigenvalue weighted by Gasteiger charge is -2.28. The number of carboxylic acids is 1. The van der Waals surface area contributed by atoms with Gasteiger partial charge in [0.1, 0.15) is 5.75 Å². The number of ether oxygens (including phenoxy) is 2. The summed E-state index contributed by atoms with van der Waals surface area (Å²) in [7, 11) is 1.45. The molecule has 0 heterocycles. The van der Waals surface area contributed by atoms with Crippen LogP contribution in [0.25, 0.3) is 0 Å². The van der Waals surface area contributed by atoms with Crippen LogP contribution in [0.4, 0.5) is 0 Å². The van der Waals surface area contributed by atoms with Crippen molar-refractivity contribution < 1.29 is 24.2 Å². The second-order valence-electron chi connectivity index (χ2n) is 5.45. The van der Waals surface area contributed by atoms with Gasteiger partial charge in [0.2, 0.25) is 5.91 Å². The van der Waals surface area contributed by atoms with Gasteiger partial charge in [-0.3, -0.25) is 9.59 Å². The van der Waals surface area contributed by atoms with Crippen LogP contribution in [0.2, 0.25) is 5.02 Å². The molecule has 2 N–H and O–H groups in total. The van der Waals surface area contributed by atoms with E-state index in [1.54, 1.807) is 25.1 Å². The number of carboxylic acid groups (broad SMARTS) is 1. The standard InChI is InChI=1S/C16H22ClNO5/c1-4-23-15-11(6-5-7-12(15)17)8-13(19)18-16(2,10-22-3)9-14(20)21/h5-7H,4,8-10H2,1-3H3,(H,18,19)(H,20,21). The van der Waals surface area contributed by atoms with Crippen molar-refractivity contribution in [2.45, 2.75) is 32.2 Å². The van der Waals surface area contributed by atoms with E-state index in [0.29, 0.717) is 22.9 Å². The second kappa shape index (κ2) is 8.74.